The second kappa shape index (κ2) is 11.3. The number of rotatable bonds is 12. The monoisotopic (exact) mass is 522 g/mol. The summed E-state index contributed by atoms with van der Waals surface area (Å²) < 4.78 is 1.07. The number of amides is 1. The van der Waals surface area contributed by atoms with Crippen LogP contribution in [0.5, 0.6) is 0 Å². The molecule has 4 rings (SSSR count). The molecule has 198 valence electrons. The van der Waals surface area contributed by atoms with Crippen molar-refractivity contribution in [3.63, 3.8) is 0 Å². The predicted octanol–water partition coefficient (Wildman–Crippen LogP) is 0.185. The Bertz CT molecular complexity index is 1460. The number of nitrogens with one attached hydrogen (secondary N) is 2. The van der Waals surface area contributed by atoms with E-state index in [1.165, 1.54) is 0 Å². The van der Waals surface area contributed by atoms with Crippen LogP contribution in [-0.4, -0.2) is 69.3 Å². The number of carbonyl (C=O) groups excluding carboxylic acids is 1. The first-order valence-electron chi connectivity index (χ1n) is 11.7. The molecule has 0 aliphatic carbocycles. The van der Waals surface area contributed by atoms with Crippen molar-refractivity contribution in [2.45, 2.75) is 44.7 Å². The van der Waals surface area contributed by atoms with E-state index in [1.807, 2.05) is 18.3 Å². The molecule has 4 aromatic rings. The number of aryl methyl sites for hydroxylation is 3. The number of aliphatic carboxylic acids is 2. The number of aromatic nitrogens is 7. The number of nitrogens with zero attached hydrogens (tertiary/aromatic N) is 6. The van der Waals surface area contributed by atoms with E-state index in [9.17, 15) is 19.5 Å². The lowest BCUT2D eigenvalue weighted by molar-refractivity contribution is -0.140. The van der Waals surface area contributed by atoms with E-state index in [0.717, 1.165) is 40.5 Å². The summed E-state index contributed by atoms with van der Waals surface area (Å²) in [5.41, 5.74) is 14.5. The first-order valence-corrected chi connectivity index (χ1v) is 11.7. The van der Waals surface area contributed by atoms with Crippen molar-refractivity contribution >= 4 is 40.6 Å². The zero-order valence-corrected chi connectivity index (χ0v) is 20.2. The van der Waals surface area contributed by atoms with Gasteiger partial charge in [0.25, 0.3) is 5.91 Å². The minimum absolute atomic E-state index is 0.0187. The maximum Gasteiger partial charge on any atom is 0.326 e. The number of carboxylic acids is 2. The average Bonchev–Trinajstić information content (AvgIpc) is 3.48. The number of fused-ring (bicyclic) bond motifs is 1. The average molecular weight is 523 g/mol. The lowest BCUT2D eigenvalue weighted by Crippen LogP contribution is -2.41. The molecule has 0 fully saturated rings. The Hall–Kier alpha value is -5.08. The van der Waals surface area contributed by atoms with Gasteiger partial charge in [-0.15, -0.1) is 5.10 Å². The number of hydrogen-bond donors (Lipinski definition) is 6. The summed E-state index contributed by atoms with van der Waals surface area (Å²) in [5.74, 6) is -2.24. The molecular formula is C23H26N10O5. The van der Waals surface area contributed by atoms with Gasteiger partial charge in [-0.2, -0.15) is 9.97 Å². The van der Waals surface area contributed by atoms with E-state index in [4.69, 9.17) is 16.6 Å². The lowest BCUT2D eigenvalue weighted by atomic mass is 10.0. The Morgan fingerprint density at radius 3 is 2.53 bits per heavy atom. The van der Waals surface area contributed by atoms with Crippen LogP contribution in [0.2, 0.25) is 0 Å². The Kier molecular flexibility index (Phi) is 7.74. The van der Waals surface area contributed by atoms with Crippen LogP contribution in [0.4, 0.5) is 11.8 Å². The molecule has 1 atom stereocenters. The van der Waals surface area contributed by atoms with Crippen molar-refractivity contribution in [1.82, 2.24) is 40.5 Å². The Morgan fingerprint density at radius 1 is 1.05 bits per heavy atom. The summed E-state index contributed by atoms with van der Waals surface area (Å²) in [6.07, 6.45) is 4.18. The van der Waals surface area contributed by atoms with Gasteiger partial charge in [-0.05, 0) is 59.4 Å². The van der Waals surface area contributed by atoms with Crippen molar-refractivity contribution < 1.29 is 24.6 Å². The standard InChI is InChI=1S/C23H26N10O5/c24-19-18-14(10-26-20(18)29-23(25)28-19)3-1-2-12-4-6-13(7-5-12)21(36)27-15(22(37)38)8-9-16-30-31-32-33(16)11-17(34)35/h4-7,10,15H,1-3,8-9,11H2,(H,27,36)(H,34,35)(H,37,38)(H5,24,25,26,28,29)/t15-/m0/s1. The summed E-state index contributed by atoms with van der Waals surface area (Å²) in [6.45, 7) is -0.446. The van der Waals surface area contributed by atoms with Gasteiger partial charge in [0.05, 0.1) is 5.39 Å². The molecule has 8 N–H and O–H groups in total. The summed E-state index contributed by atoms with van der Waals surface area (Å²) in [5, 5.41) is 32.4. The smallest absolute Gasteiger partial charge is 0.326 e. The molecule has 0 saturated heterocycles. The van der Waals surface area contributed by atoms with Crippen LogP contribution in [0.3, 0.4) is 0 Å². The van der Waals surface area contributed by atoms with E-state index >= 15 is 0 Å². The highest BCUT2D eigenvalue weighted by Crippen LogP contribution is 2.24. The van der Waals surface area contributed by atoms with Crippen LogP contribution < -0.4 is 16.8 Å². The fourth-order valence-corrected chi connectivity index (χ4v) is 4.07. The zero-order valence-electron chi connectivity index (χ0n) is 20.2. The number of nitrogen functional groups attached to an aromatic ring is 2. The van der Waals surface area contributed by atoms with E-state index < -0.39 is 30.4 Å². The second-order valence-electron chi connectivity index (χ2n) is 8.60. The summed E-state index contributed by atoms with van der Waals surface area (Å²) >= 11 is 0. The number of H-pyrrole nitrogens is 1. The highest BCUT2D eigenvalue weighted by Gasteiger charge is 2.22. The van der Waals surface area contributed by atoms with E-state index in [-0.39, 0.29) is 24.6 Å². The number of carboxylic acid groups (broad SMARTS) is 2. The maximum absolute atomic E-state index is 12.7. The van der Waals surface area contributed by atoms with Crippen LogP contribution in [0.15, 0.2) is 30.5 Å². The van der Waals surface area contributed by atoms with Crippen molar-refractivity contribution in [2.75, 3.05) is 11.5 Å². The van der Waals surface area contributed by atoms with Gasteiger partial charge in [-0.3, -0.25) is 9.59 Å². The number of tetrazole rings is 1. The molecule has 0 spiro atoms. The molecule has 15 nitrogen and oxygen atoms in total. The first kappa shape index (κ1) is 26.0. The van der Waals surface area contributed by atoms with Crippen LogP contribution in [0, 0.1) is 0 Å². The van der Waals surface area contributed by atoms with Crippen molar-refractivity contribution in [1.29, 1.82) is 0 Å². The van der Waals surface area contributed by atoms with Gasteiger partial charge < -0.3 is 32.0 Å². The third-order valence-corrected chi connectivity index (χ3v) is 5.94. The van der Waals surface area contributed by atoms with Gasteiger partial charge in [-0.1, -0.05) is 12.1 Å². The van der Waals surface area contributed by atoms with Gasteiger partial charge in [0.1, 0.15) is 24.1 Å². The third kappa shape index (κ3) is 6.18. The second-order valence-corrected chi connectivity index (χ2v) is 8.60. The molecular weight excluding hydrogens is 496 g/mol. The minimum atomic E-state index is -1.22. The van der Waals surface area contributed by atoms with Gasteiger partial charge in [-0.25, -0.2) is 9.48 Å². The molecule has 1 amide bonds. The molecule has 1 aromatic carbocycles. The van der Waals surface area contributed by atoms with E-state index in [2.05, 4.69) is 35.8 Å². The molecule has 15 heteroatoms. The number of aromatic amines is 1. The number of carbonyl (C=O) groups is 3. The molecule has 0 unspecified atom stereocenters. The molecule has 0 radical (unpaired) electrons. The van der Waals surface area contributed by atoms with E-state index in [0.29, 0.717) is 17.0 Å². The number of nitrogens with two attached hydrogens (primary N) is 2. The van der Waals surface area contributed by atoms with Crippen LogP contribution in [0.1, 0.15) is 40.2 Å². The Balaban J connectivity index is 1.30. The third-order valence-electron chi connectivity index (χ3n) is 5.94. The zero-order chi connectivity index (χ0) is 27.2. The van der Waals surface area contributed by atoms with E-state index in [1.54, 1.807) is 12.1 Å². The first-order chi connectivity index (χ1) is 18.2. The fourth-order valence-electron chi connectivity index (χ4n) is 4.07. The van der Waals surface area contributed by atoms with Gasteiger partial charge in [0.2, 0.25) is 5.95 Å². The lowest BCUT2D eigenvalue weighted by Gasteiger charge is -2.14. The number of anilines is 2. The number of hydrogen-bond acceptors (Lipinski definition) is 10. The molecule has 3 heterocycles. The molecule has 3 aromatic heterocycles. The SMILES string of the molecule is Nc1nc(N)c2c(CCCc3ccc(C(=O)N[C@@H](CCc4nnnn4CC(=O)O)C(=O)O)cc3)c[nH]c2n1. The summed E-state index contributed by atoms with van der Waals surface area (Å²) in [4.78, 5) is 46.5. The largest absolute Gasteiger partial charge is 0.480 e. The Morgan fingerprint density at radius 2 is 1.82 bits per heavy atom. The highest BCUT2D eigenvalue weighted by atomic mass is 16.4. The van der Waals surface area contributed by atoms with Gasteiger partial charge in [0.15, 0.2) is 5.82 Å². The highest BCUT2D eigenvalue weighted by molar-refractivity contribution is 5.96. The predicted molar refractivity (Wildman–Crippen MR) is 134 cm³/mol. The van der Waals surface area contributed by atoms with Gasteiger partial charge in [0, 0.05) is 18.2 Å². The maximum atomic E-state index is 12.7. The summed E-state index contributed by atoms with van der Waals surface area (Å²) in [7, 11) is 0. The minimum Gasteiger partial charge on any atom is -0.480 e. The molecule has 0 aliphatic rings. The molecule has 0 aliphatic heterocycles. The number of benzene rings is 1. The normalized spacial score (nSPS) is 11.9. The fraction of sp³-hybridized carbons (Fsp3) is 0.304. The quantitative estimate of drug-likeness (QED) is 0.146. The van der Waals surface area contributed by atoms with Crippen molar-refractivity contribution in [2.24, 2.45) is 0 Å². The van der Waals surface area contributed by atoms with Crippen LogP contribution in [-0.2, 0) is 35.4 Å². The van der Waals surface area contributed by atoms with Crippen molar-refractivity contribution in [3.05, 3.63) is 53.0 Å². The molecule has 0 saturated carbocycles. The topological polar surface area (TPSA) is 241 Å². The molecule has 0 bridgehead atoms. The molecule has 38 heavy (non-hydrogen) atoms. The van der Waals surface area contributed by atoms with Crippen molar-refractivity contribution in [3.8, 4) is 0 Å². The Labute approximate surface area is 215 Å². The van der Waals surface area contributed by atoms with Crippen LogP contribution in [0.25, 0.3) is 11.0 Å². The van der Waals surface area contributed by atoms with Crippen LogP contribution >= 0.6 is 0 Å². The van der Waals surface area contributed by atoms with Gasteiger partial charge >= 0.3 is 11.9 Å². The summed E-state index contributed by atoms with van der Waals surface area (Å²) in [6, 6.07) is 5.70.